The summed E-state index contributed by atoms with van der Waals surface area (Å²) in [5, 5.41) is 0.933. The fourth-order valence-electron chi connectivity index (χ4n) is 6.50. The average molecular weight is 541 g/mol. The van der Waals surface area contributed by atoms with Crippen molar-refractivity contribution in [3.63, 3.8) is 0 Å². The molecule has 0 spiro atoms. The van der Waals surface area contributed by atoms with Crippen molar-refractivity contribution in [2.45, 2.75) is 101 Å². The van der Waals surface area contributed by atoms with E-state index in [1.54, 1.807) is 17.4 Å². The highest BCUT2D eigenvalue weighted by Crippen LogP contribution is 2.41. The molecule has 2 atom stereocenters. The van der Waals surface area contributed by atoms with Crippen LogP contribution in [0.15, 0.2) is 17.4 Å². The molecule has 4 rings (SSSR count). The van der Waals surface area contributed by atoms with E-state index in [0.29, 0.717) is 46.0 Å². The average Bonchev–Trinajstić information content (AvgIpc) is 3.47. The minimum Gasteiger partial charge on any atom is -0.447 e. The third-order valence-corrected chi connectivity index (χ3v) is 15.4. The highest BCUT2D eigenvalue weighted by Gasteiger charge is 2.42. The number of nitrogens with zero attached hydrogens (tertiary/aromatic N) is 4. The van der Waals surface area contributed by atoms with Gasteiger partial charge < -0.3 is 4.74 Å². The zero-order valence-corrected chi connectivity index (χ0v) is 25.0. The van der Waals surface area contributed by atoms with Crippen LogP contribution in [0.2, 0.25) is 16.6 Å². The van der Waals surface area contributed by atoms with E-state index in [2.05, 4.69) is 63.0 Å². The lowest BCUT2D eigenvalue weighted by atomic mass is 9.98. The monoisotopic (exact) mass is 540 g/mol. The second-order valence-electron chi connectivity index (χ2n) is 11.5. The van der Waals surface area contributed by atoms with E-state index in [1.807, 2.05) is 6.07 Å². The first-order valence-corrected chi connectivity index (χ1v) is 17.3. The number of fused-ring (bicyclic) bond motifs is 1. The number of carbonyl (C=O) groups excluding carboxylic acids is 1. The smallest absolute Gasteiger partial charge is 0.415 e. The molecule has 0 radical (unpaired) electrons. The zero-order chi connectivity index (χ0) is 26.9. The van der Waals surface area contributed by atoms with Crippen molar-refractivity contribution in [2.75, 3.05) is 17.8 Å². The summed E-state index contributed by atoms with van der Waals surface area (Å²) >= 11 is 0. The molecule has 0 aromatic carbocycles. The summed E-state index contributed by atoms with van der Waals surface area (Å²) in [6, 6.07) is 1.84. The third kappa shape index (κ3) is 5.46. The fourth-order valence-corrected chi connectivity index (χ4v) is 12.1. The summed E-state index contributed by atoms with van der Waals surface area (Å²) in [6.45, 7) is 14.1. The Morgan fingerprint density at radius 1 is 1.11 bits per heavy atom. The lowest BCUT2D eigenvalue weighted by Crippen LogP contribution is -2.43. The number of aromatic nitrogens is 3. The van der Waals surface area contributed by atoms with Gasteiger partial charge in [0, 0.05) is 18.0 Å². The maximum Gasteiger partial charge on any atom is 0.415 e. The number of amides is 1. The minimum absolute atomic E-state index is 0.0570. The van der Waals surface area contributed by atoms with E-state index in [4.69, 9.17) is 9.72 Å². The normalized spacial score (nSPS) is 19.7. The van der Waals surface area contributed by atoms with Crippen LogP contribution in [-0.4, -0.2) is 52.2 Å². The molecule has 0 bridgehead atoms. The Bertz CT molecular complexity index is 1230. The van der Waals surface area contributed by atoms with E-state index in [1.165, 1.54) is 25.7 Å². The molecule has 1 saturated carbocycles. The van der Waals surface area contributed by atoms with Crippen LogP contribution in [0.25, 0.3) is 11.0 Å². The molecule has 2 aromatic heterocycles. The number of hydrogen-bond acceptors (Lipinski definition) is 6. The highest BCUT2D eigenvalue weighted by atomic mass is 32.2. The molecule has 1 aliphatic heterocycles. The van der Waals surface area contributed by atoms with E-state index in [0.717, 1.165) is 12.0 Å². The maximum atomic E-state index is 12.9. The van der Waals surface area contributed by atoms with E-state index >= 15 is 0 Å². The summed E-state index contributed by atoms with van der Waals surface area (Å²) in [7, 11) is -3.35. The number of ether oxygens (including phenoxy) is 1. The molecule has 1 aliphatic carbocycles. The van der Waals surface area contributed by atoms with Gasteiger partial charge in [0.2, 0.25) is 5.16 Å². The first-order chi connectivity index (χ1) is 17.5. The van der Waals surface area contributed by atoms with Gasteiger partial charge >= 0.3 is 6.09 Å². The number of hydrogen-bond donors (Lipinski definition) is 0. The quantitative estimate of drug-likeness (QED) is 0.235. The Hall–Kier alpha value is -2.31. The summed E-state index contributed by atoms with van der Waals surface area (Å²) in [5.41, 5.74) is 6.42. The van der Waals surface area contributed by atoms with Gasteiger partial charge in [-0.3, -0.25) is 9.11 Å². The Morgan fingerprint density at radius 3 is 2.35 bits per heavy atom. The number of carbonyl (C=O) groups is 1. The second-order valence-corrected chi connectivity index (χ2v) is 18.4. The standard InChI is InChI=1S/C28H40N4O3SSi/c1-18(2)37(19(3)4,20(5)6)13-12-22-15-25(30-26-24(22)16-29-27(31-26)36(7)34)32-23(17-35-28(32)33)14-21-10-8-9-11-21/h15-16,18-21,23H,8-11,14,17H2,1-7H3. The molecular formula is C28H40N4O3SSi. The Labute approximate surface area is 224 Å². The molecule has 200 valence electrons. The van der Waals surface area contributed by atoms with Crippen LogP contribution < -0.4 is 4.90 Å². The van der Waals surface area contributed by atoms with Gasteiger partial charge in [-0.05, 0) is 35.0 Å². The van der Waals surface area contributed by atoms with Gasteiger partial charge in [-0.1, -0.05) is 73.1 Å². The predicted molar refractivity (Wildman–Crippen MR) is 152 cm³/mol. The summed E-state index contributed by atoms with van der Waals surface area (Å²) in [4.78, 5) is 28.2. The SMILES string of the molecule is CC(C)[Si](C#Cc1cc(N2C(=O)OCC2CC2CCCC2)nc2nc(S(C)=O)ncc12)(C(C)C)C(C)C. The highest BCUT2D eigenvalue weighted by molar-refractivity contribution is 7.84. The Kier molecular flexibility index (Phi) is 8.39. The topological polar surface area (TPSA) is 85.3 Å². The van der Waals surface area contributed by atoms with Gasteiger partial charge in [0.05, 0.1) is 22.2 Å². The molecule has 1 amide bonds. The van der Waals surface area contributed by atoms with Crippen LogP contribution in [-0.2, 0) is 15.5 Å². The van der Waals surface area contributed by atoms with Crippen LogP contribution in [0.5, 0.6) is 0 Å². The van der Waals surface area contributed by atoms with E-state index in [9.17, 15) is 9.00 Å². The van der Waals surface area contributed by atoms with Crippen LogP contribution in [0.3, 0.4) is 0 Å². The molecule has 2 aliphatic rings. The van der Waals surface area contributed by atoms with E-state index < -0.39 is 18.9 Å². The molecule has 2 fully saturated rings. The van der Waals surface area contributed by atoms with Crippen LogP contribution in [0.1, 0.15) is 79.2 Å². The molecule has 7 nitrogen and oxygen atoms in total. The van der Waals surface area contributed by atoms with Crippen molar-refractivity contribution in [1.29, 1.82) is 0 Å². The molecule has 3 heterocycles. The van der Waals surface area contributed by atoms with Gasteiger partial charge in [-0.15, -0.1) is 5.54 Å². The van der Waals surface area contributed by atoms with Crippen molar-refractivity contribution in [3.8, 4) is 11.5 Å². The molecule has 9 heteroatoms. The number of pyridine rings is 1. The summed E-state index contributed by atoms with van der Waals surface area (Å²) < 4.78 is 17.6. The molecule has 2 aromatic rings. The molecule has 1 saturated heterocycles. The van der Waals surface area contributed by atoms with Crippen molar-refractivity contribution in [1.82, 2.24) is 15.0 Å². The van der Waals surface area contributed by atoms with Crippen molar-refractivity contribution >= 4 is 41.8 Å². The molecule has 37 heavy (non-hydrogen) atoms. The van der Waals surface area contributed by atoms with Gasteiger partial charge in [0.15, 0.2) is 5.65 Å². The van der Waals surface area contributed by atoms with Gasteiger partial charge in [-0.25, -0.2) is 19.7 Å². The van der Waals surface area contributed by atoms with Gasteiger partial charge in [0.1, 0.15) is 20.5 Å². The van der Waals surface area contributed by atoms with Crippen molar-refractivity contribution < 1.29 is 13.7 Å². The van der Waals surface area contributed by atoms with Crippen LogP contribution in [0.4, 0.5) is 10.6 Å². The van der Waals surface area contributed by atoms with Crippen molar-refractivity contribution in [3.05, 3.63) is 17.8 Å². The number of cyclic esters (lactones) is 1. The van der Waals surface area contributed by atoms with Crippen molar-refractivity contribution in [2.24, 2.45) is 5.92 Å². The zero-order valence-electron chi connectivity index (χ0n) is 23.2. The summed E-state index contributed by atoms with van der Waals surface area (Å²) in [5.74, 6) is 4.63. The number of rotatable bonds is 7. The number of anilines is 1. The Morgan fingerprint density at radius 2 is 1.76 bits per heavy atom. The largest absolute Gasteiger partial charge is 0.447 e. The lowest BCUT2D eigenvalue weighted by Gasteiger charge is -2.38. The predicted octanol–water partition coefficient (Wildman–Crippen LogP) is 6.24. The van der Waals surface area contributed by atoms with Gasteiger partial charge in [-0.2, -0.15) is 0 Å². The Balaban J connectivity index is 1.86. The molecular weight excluding hydrogens is 500 g/mol. The van der Waals surface area contributed by atoms with Gasteiger partial charge in [0.25, 0.3) is 0 Å². The fraction of sp³-hybridized carbons (Fsp3) is 0.643. The van der Waals surface area contributed by atoms with Crippen LogP contribution in [0, 0.1) is 17.4 Å². The minimum atomic E-state index is -2.00. The first kappa shape index (κ1) is 27.7. The first-order valence-electron chi connectivity index (χ1n) is 13.5. The maximum absolute atomic E-state index is 12.9. The lowest BCUT2D eigenvalue weighted by molar-refractivity contribution is 0.177. The second kappa shape index (κ2) is 11.2. The molecule has 0 N–H and O–H groups in total. The molecule has 2 unspecified atom stereocenters. The summed E-state index contributed by atoms with van der Waals surface area (Å²) in [6.07, 6.45) is 8.65. The van der Waals surface area contributed by atoms with E-state index in [-0.39, 0.29) is 17.3 Å². The van der Waals surface area contributed by atoms with Crippen LogP contribution >= 0.6 is 0 Å². The third-order valence-electron chi connectivity index (χ3n) is 8.36.